The fourth-order valence-corrected chi connectivity index (χ4v) is 2.71. The molecular weight excluding hydrogens is 330 g/mol. The minimum Gasteiger partial charge on any atom is -0.497 e. The first-order valence-corrected chi connectivity index (χ1v) is 7.46. The zero-order valence-corrected chi connectivity index (χ0v) is 13.6. The fraction of sp³-hybridized carbons (Fsp3) is 0.176. The molecule has 0 amide bonds. The van der Waals surface area contributed by atoms with Gasteiger partial charge in [0, 0.05) is 34.7 Å². The first-order valence-electron chi connectivity index (χ1n) is 6.66. The van der Waals surface area contributed by atoms with E-state index < -0.39 is 0 Å². The maximum atomic E-state index is 5.45. The van der Waals surface area contributed by atoms with Crippen LogP contribution in [-0.4, -0.2) is 18.8 Å². The summed E-state index contributed by atoms with van der Waals surface area (Å²) < 4.78 is 14.1. The number of benzene rings is 2. The van der Waals surface area contributed by atoms with Crippen molar-refractivity contribution in [3.8, 4) is 11.5 Å². The van der Waals surface area contributed by atoms with Crippen LogP contribution in [0.1, 0.15) is 5.56 Å². The Bertz CT molecular complexity index is 762. The highest BCUT2D eigenvalue weighted by atomic mass is 79.9. The Hall–Kier alpha value is -1.94. The van der Waals surface area contributed by atoms with Gasteiger partial charge in [0.05, 0.1) is 19.7 Å². The Morgan fingerprint density at radius 1 is 1.00 bits per heavy atom. The van der Waals surface area contributed by atoms with Crippen LogP contribution in [0, 0.1) is 0 Å². The first kappa shape index (κ1) is 14.0. The number of nitrogens with zero attached hydrogens (tertiary/aromatic N) is 1. The Labute approximate surface area is 132 Å². The van der Waals surface area contributed by atoms with Crippen molar-refractivity contribution in [2.45, 2.75) is 6.54 Å². The van der Waals surface area contributed by atoms with Gasteiger partial charge in [0.2, 0.25) is 0 Å². The van der Waals surface area contributed by atoms with E-state index in [2.05, 4.69) is 57.0 Å². The lowest BCUT2D eigenvalue weighted by Crippen LogP contribution is -1.98. The molecule has 0 atom stereocenters. The lowest BCUT2D eigenvalue weighted by molar-refractivity contribution is 0.398. The van der Waals surface area contributed by atoms with Gasteiger partial charge in [-0.25, -0.2) is 0 Å². The molecule has 0 fully saturated rings. The second-order valence-electron chi connectivity index (χ2n) is 4.83. The minimum absolute atomic E-state index is 0.801. The van der Waals surface area contributed by atoms with E-state index in [1.165, 1.54) is 5.56 Å². The van der Waals surface area contributed by atoms with Crippen molar-refractivity contribution in [3.63, 3.8) is 0 Å². The Morgan fingerprint density at radius 2 is 1.76 bits per heavy atom. The molecule has 3 nitrogen and oxygen atoms in total. The van der Waals surface area contributed by atoms with Crippen LogP contribution in [0.15, 0.2) is 53.1 Å². The number of halogens is 1. The third-order valence-corrected chi connectivity index (χ3v) is 4.07. The van der Waals surface area contributed by atoms with E-state index in [-0.39, 0.29) is 0 Å². The molecule has 4 heteroatoms. The predicted octanol–water partition coefficient (Wildman–Crippen LogP) is 4.47. The second kappa shape index (κ2) is 5.82. The number of fused-ring (bicyclic) bond motifs is 1. The van der Waals surface area contributed by atoms with E-state index in [0.717, 1.165) is 33.4 Å². The Morgan fingerprint density at radius 3 is 2.43 bits per heavy atom. The van der Waals surface area contributed by atoms with Crippen molar-refractivity contribution >= 4 is 26.8 Å². The number of hydrogen-bond donors (Lipinski definition) is 0. The van der Waals surface area contributed by atoms with E-state index in [4.69, 9.17) is 9.47 Å². The number of hydrogen-bond acceptors (Lipinski definition) is 2. The van der Waals surface area contributed by atoms with Gasteiger partial charge >= 0.3 is 0 Å². The van der Waals surface area contributed by atoms with Crippen molar-refractivity contribution in [2.75, 3.05) is 14.2 Å². The third-order valence-electron chi connectivity index (χ3n) is 3.55. The summed E-state index contributed by atoms with van der Waals surface area (Å²) in [6.45, 7) is 0.813. The van der Waals surface area contributed by atoms with Crippen molar-refractivity contribution < 1.29 is 9.47 Å². The van der Waals surface area contributed by atoms with Gasteiger partial charge < -0.3 is 14.0 Å². The SMILES string of the molecule is COc1cc(OC)c2ccn(Cc3ccc(Br)cc3)c2c1. The topological polar surface area (TPSA) is 23.4 Å². The van der Waals surface area contributed by atoms with Gasteiger partial charge in [-0.05, 0) is 23.8 Å². The highest BCUT2D eigenvalue weighted by Crippen LogP contribution is 2.32. The molecular formula is C17H16BrNO2. The summed E-state index contributed by atoms with van der Waals surface area (Å²) in [6, 6.07) is 14.4. The molecule has 1 heterocycles. The molecule has 0 aliphatic rings. The summed E-state index contributed by atoms with van der Waals surface area (Å²) in [5.74, 6) is 1.63. The van der Waals surface area contributed by atoms with Crippen molar-refractivity contribution in [2.24, 2.45) is 0 Å². The number of methoxy groups -OCH3 is 2. The average Bonchev–Trinajstić information content (AvgIpc) is 2.91. The molecule has 0 saturated heterocycles. The molecule has 1 aromatic heterocycles. The van der Waals surface area contributed by atoms with Gasteiger partial charge in [0.15, 0.2) is 0 Å². The van der Waals surface area contributed by atoms with Crippen LogP contribution in [0.4, 0.5) is 0 Å². The molecule has 2 aromatic carbocycles. The highest BCUT2D eigenvalue weighted by molar-refractivity contribution is 9.10. The molecule has 3 aromatic rings. The van der Waals surface area contributed by atoms with Gasteiger partial charge in [-0.2, -0.15) is 0 Å². The summed E-state index contributed by atoms with van der Waals surface area (Å²) in [5.41, 5.74) is 2.35. The van der Waals surface area contributed by atoms with E-state index in [1.807, 2.05) is 12.1 Å². The van der Waals surface area contributed by atoms with Crippen LogP contribution in [0.3, 0.4) is 0 Å². The first-order chi connectivity index (χ1) is 10.2. The summed E-state index contributed by atoms with van der Waals surface area (Å²) in [5, 5.41) is 1.09. The third kappa shape index (κ3) is 2.76. The number of aromatic nitrogens is 1. The monoisotopic (exact) mass is 345 g/mol. The van der Waals surface area contributed by atoms with Gasteiger partial charge in [0.1, 0.15) is 11.5 Å². The molecule has 0 unspecified atom stereocenters. The van der Waals surface area contributed by atoms with Crippen LogP contribution in [0.5, 0.6) is 11.5 Å². The maximum absolute atomic E-state index is 5.45. The van der Waals surface area contributed by atoms with Crippen molar-refractivity contribution in [1.29, 1.82) is 0 Å². The van der Waals surface area contributed by atoms with E-state index in [9.17, 15) is 0 Å². The summed E-state index contributed by atoms with van der Waals surface area (Å²) >= 11 is 3.46. The molecule has 0 aliphatic heterocycles. The van der Waals surface area contributed by atoms with Crippen molar-refractivity contribution in [1.82, 2.24) is 4.57 Å². The van der Waals surface area contributed by atoms with Crippen LogP contribution in [0.2, 0.25) is 0 Å². The standard InChI is InChI=1S/C17H16BrNO2/c1-20-14-9-16-15(17(10-14)21-2)7-8-19(16)11-12-3-5-13(18)6-4-12/h3-10H,11H2,1-2H3. The molecule has 108 valence electrons. The van der Waals surface area contributed by atoms with Crippen LogP contribution >= 0.6 is 15.9 Å². The normalized spacial score (nSPS) is 10.8. The lowest BCUT2D eigenvalue weighted by atomic mass is 10.2. The quantitative estimate of drug-likeness (QED) is 0.696. The van der Waals surface area contributed by atoms with Gasteiger partial charge in [0.25, 0.3) is 0 Å². The Balaban J connectivity index is 2.04. The summed E-state index contributed by atoms with van der Waals surface area (Å²) in [4.78, 5) is 0. The molecule has 0 radical (unpaired) electrons. The molecule has 0 bridgehead atoms. The van der Waals surface area contributed by atoms with E-state index >= 15 is 0 Å². The summed E-state index contributed by atoms with van der Waals surface area (Å²) in [7, 11) is 3.35. The number of rotatable bonds is 4. The van der Waals surface area contributed by atoms with E-state index in [1.54, 1.807) is 14.2 Å². The smallest absolute Gasteiger partial charge is 0.131 e. The average molecular weight is 346 g/mol. The maximum Gasteiger partial charge on any atom is 0.131 e. The fourth-order valence-electron chi connectivity index (χ4n) is 2.45. The highest BCUT2D eigenvalue weighted by Gasteiger charge is 2.09. The largest absolute Gasteiger partial charge is 0.497 e. The summed E-state index contributed by atoms with van der Waals surface area (Å²) in [6.07, 6.45) is 2.08. The van der Waals surface area contributed by atoms with E-state index in [0.29, 0.717) is 0 Å². The zero-order valence-electron chi connectivity index (χ0n) is 12.0. The lowest BCUT2D eigenvalue weighted by Gasteiger charge is -2.09. The van der Waals surface area contributed by atoms with Gasteiger partial charge in [-0.3, -0.25) is 0 Å². The molecule has 3 rings (SSSR count). The van der Waals surface area contributed by atoms with Gasteiger partial charge in [-0.15, -0.1) is 0 Å². The van der Waals surface area contributed by atoms with Crippen LogP contribution < -0.4 is 9.47 Å². The second-order valence-corrected chi connectivity index (χ2v) is 5.75. The number of ether oxygens (including phenoxy) is 2. The van der Waals surface area contributed by atoms with Crippen LogP contribution in [0.25, 0.3) is 10.9 Å². The molecule has 0 spiro atoms. The Kier molecular flexibility index (Phi) is 3.88. The zero-order chi connectivity index (χ0) is 14.8. The molecule has 21 heavy (non-hydrogen) atoms. The van der Waals surface area contributed by atoms with Gasteiger partial charge in [-0.1, -0.05) is 28.1 Å². The predicted molar refractivity (Wildman–Crippen MR) is 88.3 cm³/mol. The molecule has 0 saturated carbocycles. The van der Waals surface area contributed by atoms with Crippen molar-refractivity contribution in [3.05, 3.63) is 58.7 Å². The van der Waals surface area contributed by atoms with Crippen LogP contribution in [-0.2, 0) is 6.54 Å². The minimum atomic E-state index is 0.801. The molecule has 0 N–H and O–H groups in total. The molecule has 0 aliphatic carbocycles.